The number of hydrogen-bond donors (Lipinski definition) is 3. The first-order chi connectivity index (χ1) is 8.92. The third kappa shape index (κ3) is 4.77. The fraction of sp³-hybridized carbons (Fsp3) is 0.933. The standard InChI is InChI=1S/C15H30N2O2/c1-11(2)8-13(9-16)14(19)17-15(10-18)6-4-12(3)5-7-15/h11-13,18H,4-10,16H2,1-3H3,(H,17,19). The van der Waals surface area contributed by atoms with E-state index in [1.54, 1.807) is 0 Å². The Kier molecular flexibility index (Phi) is 6.27. The van der Waals surface area contributed by atoms with Gasteiger partial charge in [0.15, 0.2) is 0 Å². The van der Waals surface area contributed by atoms with E-state index in [4.69, 9.17) is 5.73 Å². The molecule has 1 unspecified atom stereocenters. The molecule has 0 bridgehead atoms. The SMILES string of the molecule is CC(C)CC(CN)C(=O)NC1(CO)CCC(C)CC1. The monoisotopic (exact) mass is 270 g/mol. The average molecular weight is 270 g/mol. The molecular weight excluding hydrogens is 240 g/mol. The number of carbonyl (C=O) groups excluding carboxylic acids is 1. The van der Waals surface area contributed by atoms with E-state index in [0.29, 0.717) is 18.4 Å². The molecule has 4 nitrogen and oxygen atoms in total. The summed E-state index contributed by atoms with van der Waals surface area (Å²) in [6.45, 7) is 6.83. The second kappa shape index (κ2) is 7.25. The van der Waals surface area contributed by atoms with Crippen molar-refractivity contribution in [3.05, 3.63) is 0 Å². The van der Waals surface area contributed by atoms with Crippen LogP contribution in [0.3, 0.4) is 0 Å². The molecular formula is C15H30N2O2. The lowest BCUT2D eigenvalue weighted by molar-refractivity contribution is -0.128. The van der Waals surface area contributed by atoms with Crippen molar-refractivity contribution in [2.24, 2.45) is 23.5 Å². The molecule has 0 aromatic carbocycles. The zero-order valence-corrected chi connectivity index (χ0v) is 12.6. The van der Waals surface area contributed by atoms with Crippen LogP contribution in [0.25, 0.3) is 0 Å². The molecule has 0 aromatic rings. The van der Waals surface area contributed by atoms with E-state index >= 15 is 0 Å². The lowest BCUT2D eigenvalue weighted by Crippen LogP contribution is -2.55. The third-order valence-electron chi connectivity index (χ3n) is 4.33. The van der Waals surface area contributed by atoms with Crippen LogP contribution < -0.4 is 11.1 Å². The van der Waals surface area contributed by atoms with Gasteiger partial charge in [-0.05, 0) is 43.9 Å². The zero-order valence-electron chi connectivity index (χ0n) is 12.6. The third-order valence-corrected chi connectivity index (χ3v) is 4.33. The number of amides is 1. The lowest BCUT2D eigenvalue weighted by Gasteiger charge is -2.39. The van der Waals surface area contributed by atoms with Crippen LogP contribution in [-0.4, -0.2) is 29.7 Å². The van der Waals surface area contributed by atoms with E-state index in [1.807, 2.05) is 0 Å². The van der Waals surface area contributed by atoms with Crippen molar-refractivity contribution in [1.29, 1.82) is 0 Å². The summed E-state index contributed by atoms with van der Waals surface area (Å²) < 4.78 is 0. The molecule has 1 saturated carbocycles. The number of carbonyl (C=O) groups is 1. The highest BCUT2D eigenvalue weighted by Crippen LogP contribution is 2.32. The minimum atomic E-state index is -0.409. The Balaban J connectivity index is 2.61. The number of hydrogen-bond acceptors (Lipinski definition) is 3. The molecule has 0 saturated heterocycles. The molecule has 4 N–H and O–H groups in total. The van der Waals surface area contributed by atoms with Gasteiger partial charge in [0.05, 0.1) is 18.1 Å². The zero-order chi connectivity index (χ0) is 14.5. The van der Waals surface area contributed by atoms with E-state index < -0.39 is 5.54 Å². The number of rotatable bonds is 6. The first-order valence-corrected chi connectivity index (χ1v) is 7.55. The highest BCUT2D eigenvalue weighted by atomic mass is 16.3. The van der Waals surface area contributed by atoms with Crippen LogP contribution in [0, 0.1) is 17.8 Å². The number of nitrogens with one attached hydrogen (secondary N) is 1. The fourth-order valence-corrected chi connectivity index (χ4v) is 2.88. The normalized spacial score (nSPS) is 29.3. The summed E-state index contributed by atoms with van der Waals surface area (Å²) >= 11 is 0. The topological polar surface area (TPSA) is 75.4 Å². The number of nitrogens with two attached hydrogens (primary N) is 1. The molecule has 1 rings (SSSR count). The van der Waals surface area contributed by atoms with Crippen LogP contribution >= 0.6 is 0 Å². The van der Waals surface area contributed by atoms with Gasteiger partial charge in [0.1, 0.15) is 0 Å². The summed E-state index contributed by atoms with van der Waals surface area (Å²) in [6, 6.07) is 0. The minimum absolute atomic E-state index is 0.0137. The van der Waals surface area contributed by atoms with E-state index in [2.05, 4.69) is 26.1 Å². The molecule has 0 aromatic heterocycles. The summed E-state index contributed by atoms with van der Waals surface area (Å²) in [5, 5.41) is 12.8. The summed E-state index contributed by atoms with van der Waals surface area (Å²) in [4.78, 5) is 12.3. The van der Waals surface area contributed by atoms with Gasteiger partial charge in [-0.3, -0.25) is 4.79 Å². The highest BCUT2D eigenvalue weighted by Gasteiger charge is 2.36. The Bertz CT molecular complexity index is 284. The molecule has 1 aliphatic rings. The maximum absolute atomic E-state index is 12.3. The van der Waals surface area contributed by atoms with Crippen molar-refractivity contribution >= 4 is 5.91 Å². The molecule has 1 amide bonds. The summed E-state index contributed by atoms with van der Waals surface area (Å²) in [5.41, 5.74) is 5.30. The predicted octanol–water partition coefficient (Wildman–Crippen LogP) is 1.66. The van der Waals surface area contributed by atoms with Crippen molar-refractivity contribution in [3.63, 3.8) is 0 Å². The predicted molar refractivity (Wildman–Crippen MR) is 77.6 cm³/mol. The van der Waals surface area contributed by atoms with Gasteiger partial charge >= 0.3 is 0 Å². The highest BCUT2D eigenvalue weighted by molar-refractivity contribution is 5.79. The van der Waals surface area contributed by atoms with Gasteiger partial charge in [0, 0.05) is 6.54 Å². The van der Waals surface area contributed by atoms with E-state index in [0.717, 1.165) is 32.1 Å². The van der Waals surface area contributed by atoms with Gasteiger partial charge < -0.3 is 16.2 Å². The fourth-order valence-electron chi connectivity index (χ4n) is 2.88. The largest absolute Gasteiger partial charge is 0.394 e. The summed E-state index contributed by atoms with van der Waals surface area (Å²) in [7, 11) is 0. The van der Waals surface area contributed by atoms with Crippen LogP contribution in [0.2, 0.25) is 0 Å². The van der Waals surface area contributed by atoms with Crippen molar-refractivity contribution < 1.29 is 9.90 Å². The lowest BCUT2D eigenvalue weighted by atomic mass is 9.77. The molecule has 1 atom stereocenters. The van der Waals surface area contributed by atoms with Gasteiger partial charge in [-0.2, -0.15) is 0 Å². The molecule has 1 fully saturated rings. The maximum Gasteiger partial charge on any atom is 0.224 e. The molecule has 0 heterocycles. The van der Waals surface area contributed by atoms with Crippen LogP contribution in [-0.2, 0) is 4.79 Å². The van der Waals surface area contributed by atoms with Crippen LogP contribution in [0.4, 0.5) is 0 Å². The summed E-state index contributed by atoms with van der Waals surface area (Å²) in [5.74, 6) is 1.02. The number of aliphatic hydroxyl groups excluding tert-OH is 1. The molecule has 0 spiro atoms. The molecule has 19 heavy (non-hydrogen) atoms. The second-order valence-electron chi connectivity index (χ2n) is 6.67. The molecule has 4 heteroatoms. The van der Waals surface area contributed by atoms with Gasteiger partial charge in [-0.1, -0.05) is 20.8 Å². The molecule has 0 aliphatic heterocycles. The minimum Gasteiger partial charge on any atom is -0.394 e. The Morgan fingerprint density at radius 1 is 1.42 bits per heavy atom. The molecule has 0 radical (unpaired) electrons. The first kappa shape index (κ1) is 16.4. The Morgan fingerprint density at radius 3 is 2.42 bits per heavy atom. The van der Waals surface area contributed by atoms with Crippen molar-refractivity contribution in [3.8, 4) is 0 Å². The van der Waals surface area contributed by atoms with Gasteiger partial charge in [0.25, 0.3) is 0 Å². The van der Waals surface area contributed by atoms with Crippen molar-refractivity contribution in [1.82, 2.24) is 5.32 Å². The van der Waals surface area contributed by atoms with Crippen molar-refractivity contribution in [2.75, 3.05) is 13.2 Å². The smallest absolute Gasteiger partial charge is 0.224 e. The Morgan fingerprint density at radius 2 is 2.00 bits per heavy atom. The van der Waals surface area contributed by atoms with Gasteiger partial charge in [-0.15, -0.1) is 0 Å². The number of aliphatic hydroxyl groups is 1. The Labute approximate surface area is 117 Å². The van der Waals surface area contributed by atoms with E-state index in [-0.39, 0.29) is 18.4 Å². The Hall–Kier alpha value is -0.610. The van der Waals surface area contributed by atoms with Crippen molar-refractivity contribution in [2.45, 2.75) is 58.4 Å². The average Bonchev–Trinajstić information content (AvgIpc) is 2.38. The van der Waals surface area contributed by atoms with E-state index in [1.165, 1.54) is 0 Å². The molecule has 112 valence electrons. The van der Waals surface area contributed by atoms with E-state index in [9.17, 15) is 9.90 Å². The molecule has 1 aliphatic carbocycles. The van der Waals surface area contributed by atoms with Gasteiger partial charge in [0.2, 0.25) is 5.91 Å². The maximum atomic E-state index is 12.3. The van der Waals surface area contributed by atoms with Crippen LogP contribution in [0.1, 0.15) is 52.9 Å². The first-order valence-electron chi connectivity index (χ1n) is 7.55. The van der Waals surface area contributed by atoms with Crippen LogP contribution in [0.15, 0.2) is 0 Å². The van der Waals surface area contributed by atoms with Crippen LogP contribution in [0.5, 0.6) is 0 Å². The van der Waals surface area contributed by atoms with Gasteiger partial charge in [-0.25, -0.2) is 0 Å². The summed E-state index contributed by atoms with van der Waals surface area (Å²) in [6.07, 6.45) is 4.68. The quantitative estimate of drug-likeness (QED) is 0.687. The second-order valence-corrected chi connectivity index (χ2v) is 6.67.